The third-order valence-electron chi connectivity index (χ3n) is 6.55. The molecule has 0 bridgehead atoms. The molecule has 0 radical (unpaired) electrons. The van der Waals surface area contributed by atoms with Gasteiger partial charge in [-0.05, 0) is 61.3 Å². The number of rotatable bonds is 6. The van der Waals surface area contributed by atoms with Gasteiger partial charge in [-0.3, -0.25) is 19.1 Å². The van der Waals surface area contributed by atoms with E-state index in [0.717, 1.165) is 24.8 Å². The molecule has 0 saturated carbocycles. The Bertz CT molecular complexity index is 1320. The molecule has 8 heteroatoms. The lowest BCUT2D eigenvalue weighted by atomic mass is 9.90. The van der Waals surface area contributed by atoms with Gasteiger partial charge in [0.2, 0.25) is 0 Å². The maximum atomic E-state index is 13.6. The van der Waals surface area contributed by atoms with Gasteiger partial charge in [0.25, 0.3) is 11.5 Å². The first kappa shape index (κ1) is 23.9. The van der Waals surface area contributed by atoms with Crippen molar-refractivity contribution >= 4 is 16.9 Å². The minimum atomic E-state index is -0.584. The number of H-pyrrole nitrogens is 1. The molecule has 4 rings (SSSR count). The van der Waals surface area contributed by atoms with Gasteiger partial charge in [-0.2, -0.15) is 0 Å². The van der Waals surface area contributed by atoms with E-state index in [1.165, 1.54) is 10.6 Å². The van der Waals surface area contributed by atoms with E-state index in [1.54, 1.807) is 23.1 Å². The predicted octanol–water partition coefficient (Wildman–Crippen LogP) is 3.85. The van der Waals surface area contributed by atoms with Crippen molar-refractivity contribution in [3.63, 3.8) is 0 Å². The number of nitrogens with one attached hydrogen (secondary N) is 1. The smallest absolute Gasteiger partial charge is 0.329 e. The van der Waals surface area contributed by atoms with Crippen LogP contribution in [0.25, 0.3) is 11.0 Å². The predicted molar refractivity (Wildman–Crippen MR) is 130 cm³/mol. The molecule has 2 aromatic heterocycles. The number of benzene rings is 1. The first-order valence-corrected chi connectivity index (χ1v) is 12.0. The second-order valence-electron chi connectivity index (χ2n) is 9.43. The van der Waals surface area contributed by atoms with Crippen LogP contribution in [0, 0.1) is 11.7 Å². The van der Waals surface area contributed by atoms with Crippen LogP contribution >= 0.6 is 0 Å². The van der Waals surface area contributed by atoms with Crippen molar-refractivity contribution in [2.24, 2.45) is 5.92 Å². The highest BCUT2D eigenvalue weighted by atomic mass is 19.1. The molecular weight excluding hydrogens is 435 g/mol. The van der Waals surface area contributed by atoms with Crippen molar-refractivity contribution in [2.75, 3.05) is 13.1 Å². The normalized spacial score (nSPS) is 14.8. The molecule has 7 nitrogen and oxygen atoms in total. The van der Waals surface area contributed by atoms with Crippen LogP contribution in [0.1, 0.15) is 67.6 Å². The summed E-state index contributed by atoms with van der Waals surface area (Å²) in [6, 6.07) is 8.36. The number of pyridine rings is 1. The summed E-state index contributed by atoms with van der Waals surface area (Å²) in [5, 5.41) is 0.171. The zero-order chi connectivity index (χ0) is 24.4. The summed E-state index contributed by atoms with van der Waals surface area (Å²) in [6.07, 6.45) is 3.08. The highest BCUT2D eigenvalue weighted by molar-refractivity contribution is 6.05. The van der Waals surface area contributed by atoms with Gasteiger partial charge in [-0.15, -0.1) is 0 Å². The Hall–Kier alpha value is -3.29. The Kier molecular flexibility index (Phi) is 6.95. The van der Waals surface area contributed by atoms with Crippen molar-refractivity contribution in [3.8, 4) is 0 Å². The SMILES string of the molecule is CCCn1c(=O)[nH]c(=O)c2c(C(=O)N3CCC(Cc4cccc(F)c4)CC3)cc(C(C)C)nc21. The van der Waals surface area contributed by atoms with Crippen molar-refractivity contribution in [3.05, 3.63) is 73.8 Å². The number of fused-ring (bicyclic) bond motifs is 1. The number of nitrogens with zero attached hydrogens (tertiary/aromatic N) is 3. The summed E-state index contributed by atoms with van der Waals surface area (Å²) in [5.74, 6) is -0.0603. The second-order valence-corrected chi connectivity index (χ2v) is 9.43. The Morgan fingerprint density at radius 3 is 2.59 bits per heavy atom. The van der Waals surface area contributed by atoms with Crippen LogP contribution in [0.4, 0.5) is 4.39 Å². The van der Waals surface area contributed by atoms with Crippen molar-refractivity contribution in [2.45, 2.75) is 58.9 Å². The van der Waals surface area contributed by atoms with E-state index in [4.69, 9.17) is 0 Å². The monoisotopic (exact) mass is 466 g/mol. The second kappa shape index (κ2) is 9.91. The lowest BCUT2D eigenvalue weighted by Crippen LogP contribution is -2.40. The molecule has 180 valence electrons. The van der Waals surface area contributed by atoms with Gasteiger partial charge in [0.15, 0.2) is 5.65 Å². The van der Waals surface area contributed by atoms with Crippen LogP contribution in [0.5, 0.6) is 0 Å². The summed E-state index contributed by atoms with van der Waals surface area (Å²) in [6.45, 7) is 7.40. The Morgan fingerprint density at radius 1 is 1.21 bits per heavy atom. The number of hydrogen-bond donors (Lipinski definition) is 1. The number of carbonyl (C=O) groups is 1. The number of piperidine rings is 1. The topological polar surface area (TPSA) is 88.1 Å². The zero-order valence-electron chi connectivity index (χ0n) is 19.9. The van der Waals surface area contributed by atoms with E-state index in [1.807, 2.05) is 26.8 Å². The van der Waals surface area contributed by atoms with Crippen LogP contribution < -0.4 is 11.2 Å². The van der Waals surface area contributed by atoms with E-state index in [0.29, 0.717) is 43.2 Å². The fraction of sp³-hybridized carbons (Fsp3) is 0.462. The number of aryl methyl sites for hydroxylation is 1. The van der Waals surface area contributed by atoms with Gasteiger partial charge in [-0.1, -0.05) is 32.9 Å². The van der Waals surface area contributed by atoms with Gasteiger partial charge < -0.3 is 4.90 Å². The average Bonchev–Trinajstić information content (AvgIpc) is 2.81. The molecule has 1 amide bonds. The third kappa shape index (κ3) is 4.81. The number of halogens is 1. The summed E-state index contributed by atoms with van der Waals surface area (Å²) in [4.78, 5) is 47.6. The Morgan fingerprint density at radius 2 is 1.94 bits per heavy atom. The molecule has 34 heavy (non-hydrogen) atoms. The van der Waals surface area contributed by atoms with Gasteiger partial charge >= 0.3 is 5.69 Å². The number of aromatic nitrogens is 3. The van der Waals surface area contributed by atoms with Crippen LogP contribution in [0.3, 0.4) is 0 Å². The molecule has 1 aliphatic heterocycles. The number of aromatic amines is 1. The molecule has 1 aromatic carbocycles. The quantitative estimate of drug-likeness (QED) is 0.598. The number of carbonyl (C=O) groups excluding carboxylic acids is 1. The molecule has 3 heterocycles. The number of likely N-dealkylation sites (tertiary alicyclic amines) is 1. The van der Waals surface area contributed by atoms with Crippen LogP contribution in [0.15, 0.2) is 39.9 Å². The average molecular weight is 467 g/mol. The van der Waals surface area contributed by atoms with Crippen molar-refractivity contribution in [1.82, 2.24) is 19.4 Å². The van der Waals surface area contributed by atoms with Crippen molar-refractivity contribution < 1.29 is 9.18 Å². The van der Waals surface area contributed by atoms with E-state index in [2.05, 4.69) is 9.97 Å². The van der Waals surface area contributed by atoms with Gasteiger partial charge in [0.1, 0.15) is 5.82 Å². The first-order valence-electron chi connectivity index (χ1n) is 12.0. The molecule has 1 saturated heterocycles. The van der Waals surface area contributed by atoms with E-state index < -0.39 is 11.2 Å². The summed E-state index contributed by atoms with van der Waals surface area (Å²) < 4.78 is 15.0. The highest BCUT2D eigenvalue weighted by Gasteiger charge is 2.27. The lowest BCUT2D eigenvalue weighted by Gasteiger charge is -2.32. The molecule has 3 aromatic rings. The Balaban J connectivity index is 1.64. The molecule has 1 N–H and O–H groups in total. The summed E-state index contributed by atoms with van der Waals surface area (Å²) in [7, 11) is 0. The van der Waals surface area contributed by atoms with E-state index in [9.17, 15) is 18.8 Å². The fourth-order valence-electron chi connectivity index (χ4n) is 4.70. The maximum Gasteiger partial charge on any atom is 0.329 e. The summed E-state index contributed by atoms with van der Waals surface area (Å²) >= 11 is 0. The van der Waals surface area contributed by atoms with Crippen LogP contribution in [-0.2, 0) is 13.0 Å². The summed E-state index contributed by atoms with van der Waals surface area (Å²) in [5.41, 5.74) is 1.11. The molecule has 0 atom stereocenters. The lowest BCUT2D eigenvalue weighted by molar-refractivity contribution is 0.0692. The molecule has 0 unspecified atom stereocenters. The standard InChI is InChI=1S/C26H31FN4O3/c1-4-10-31-23-22(24(32)29-26(31)34)20(15-21(28-23)16(2)3)25(33)30-11-8-17(9-12-30)13-18-6-5-7-19(27)14-18/h5-7,14-17H,4,8-13H2,1-3H3,(H,29,32,34). The minimum absolute atomic E-state index is 0.0254. The number of hydrogen-bond acceptors (Lipinski definition) is 4. The molecule has 1 aliphatic rings. The molecule has 0 spiro atoms. The van der Waals surface area contributed by atoms with Crippen LogP contribution in [0.2, 0.25) is 0 Å². The Labute approximate surface area is 197 Å². The van der Waals surface area contributed by atoms with Crippen molar-refractivity contribution in [1.29, 1.82) is 0 Å². The van der Waals surface area contributed by atoms with Gasteiger partial charge in [0.05, 0.1) is 10.9 Å². The zero-order valence-corrected chi connectivity index (χ0v) is 19.9. The van der Waals surface area contributed by atoms with E-state index >= 15 is 0 Å². The third-order valence-corrected chi connectivity index (χ3v) is 6.55. The molecule has 1 fully saturated rings. The molecule has 0 aliphatic carbocycles. The highest BCUT2D eigenvalue weighted by Crippen LogP contribution is 2.26. The maximum absolute atomic E-state index is 13.6. The molecular formula is C26H31FN4O3. The minimum Gasteiger partial charge on any atom is -0.339 e. The van der Waals surface area contributed by atoms with Gasteiger partial charge in [0, 0.05) is 25.3 Å². The fourth-order valence-corrected chi connectivity index (χ4v) is 4.70. The number of amides is 1. The first-order chi connectivity index (χ1) is 16.3. The van der Waals surface area contributed by atoms with Crippen LogP contribution in [-0.4, -0.2) is 38.4 Å². The van der Waals surface area contributed by atoms with E-state index in [-0.39, 0.29) is 28.7 Å². The largest absolute Gasteiger partial charge is 0.339 e. The van der Waals surface area contributed by atoms with Gasteiger partial charge in [-0.25, -0.2) is 14.2 Å².